The second-order valence-corrected chi connectivity index (χ2v) is 6.63. The minimum Gasteiger partial charge on any atom is -0.433 e. The lowest BCUT2D eigenvalue weighted by Crippen LogP contribution is -2.42. The van der Waals surface area contributed by atoms with Gasteiger partial charge in [-0.05, 0) is 35.9 Å². The molecule has 1 fully saturated rings. The van der Waals surface area contributed by atoms with Crippen LogP contribution in [-0.4, -0.2) is 43.7 Å². The Bertz CT molecular complexity index is 821. The van der Waals surface area contributed by atoms with Crippen molar-refractivity contribution < 1.29 is 27.4 Å². The van der Waals surface area contributed by atoms with Crippen LogP contribution in [0.25, 0.3) is 0 Å². The molecule has 1 aliphatic heterocycles. The van der Waals surface area contributed by atoms with Gasteiger partial charge in [0, 0.05) is 18.8 Å². The Balaban J connectivity index is 1.55. The fourth-order valence-corrected chi connectivity index (χ4v) is 3.12. The Morgan fingerprint density at radius 3 is 2.71 bits per heavy atom. The lowest BCUT2D eigenvalue weighted by molar-refractivity contribution is -0.119. The highest BCUT2D eigenvalue weighted by Crippen LogP contribution is 2.29. The lowest BCUT2D eigenvalue weighted by Gasteiger charge is -2.32. The molecule has 2 aromatic rings. The van der Waals surface area contributed by atoms with Gasteiger partial charge in [0.2, 0.25) is 5.91 Å². The Hall–Kier alpha value is -2.29. The number of morpholine rings is 1. The predicted molar refractivity (Wildman–Crippen MR) is 98.2 cm³/mol. The smallest absolute Gasteiger partial charge is 0.387 e. The highest BCUT2D eigenvalue weighted by Gasteiger charge is 2.23. The number of hydrogen-bond donors (Lipinski definition) is 1. The first-order chi connectivity index (χ1) is 13.4. The van der Waals surface area contributed by atoms with Gasteiger partial charge in [0.25, 0.3) is 0 Å². The van der Waals surface area contributed by atoms with Crippen LogP contribution in [0.3, 0.4) is 0 Å². The van der Waals surface area contributed by atoms with Gasteiger partial charge < -0.3 is 14.8 Å². The van der Waals surface area contributed by atoms with E-state index in [1.165, 1.54) is 30.3 Å². The molecule has 2 aromatic carbocycles. The van der Waals surface area contributed by atoms with E-state index in [9.17, 15) is 18.0 Å². The largest absolute Gasteiger partial charge is 0.433 e. The minimum absolute atomic E-state index is 0.0270. The SMILES string of the molecule is O=C(CN1CCOC(c2ccc(F)cc2)C1)Nc1ccc(OC(F)F)c(Cl)c1. The number of nitrogens with one attached hydrogen (secondary N) is 1. The van der Waals surface area contributed by atoms with Crippen molar-refractivity contribution in [3.63, 3.8) is 0 Å². The maximum absolute atomic E-state index is 13.1. The van der Waals surface area contributed by atoms with Gasteiger partial charge in [0.1, 0.15) is 11.6 Å². The van der Waals surface area contributed by atoms with Gasteiger partial charge in [-0.2, -0.15) is 8.78 Å². The van der Waals surface area contributed by atoms with Crippen molar-refractivity contribution >= 4 is 23.2 Å². The second-order valence-electron chi connectivity index (χ2n) is 6.22. The van der Waals surface area contributed by atoms with E-state index in [0.29, 0.717) is 25.4 Å². The molecule has 1 saturated heterocycles. The van der Waals surface area contributed by atoms with Gasteiger partial charge in [-0.25, -0.2) is 4.39 Å². The van der Waals surface area contributed by atoms with E-state index in [1.54, 1.807) is 12.1 Å². The minimum atomic E-state index is -2.98. The first kappa shape index (κ1) is 20.4. The van der Waals surface area contributed by atoms with Gasteiger partial charge in [-0.15, -0.1) is 0 Å². The summed E-state index contributed by atoms with van der Waals surface area (Å²) in [6.45, 7) is -1.35. The van der Waals surface area contributed by atoms with Crippen molar-refractivity contribution in [2.45, 2.75) is 12.7 Å². The second kappa shape index (κ2) is 9.27. The van der Waals surface area contributed by atoms with Crippen molar-refractivity contribution in [1.29, 1.82) is 0 Å². The van der Waals surface area contributed by atoms with Crippen LogP contribution in [0.5, 0.6) is 5.75 Å². The number of carbonyl (C=O) groups is 1. The molecule has 1 heterocycles. The number of carbonyl (C=O) groups excluding carboxylic acids is 1. The van der Waals surface area contributed by atoms with Crippen LogP contribution < -0.4 is 10.1 Å². The van der Waals surface area contributed by atoms with Crippen LogP contribution in [0.4, 0.5) is 18.9 Å². The number of anilines is 1. The van der Waals surface area contributed by atoms with Gasteiger partial charge >= 0.3 is 6.61 Å². The number of alkyl halides is 2. The standard InChI is InChI=1S/C19H18ClF3N2O3/c20-15-9-14(5-6-16(15)28-19(22)23)24-18(26)11-25-7-8-27-17(10-25)12-1-3-13(21)4-2-12/h1-6,9,17,19H,7-8,10-11H2,(H,24,26). The Labute approximate surface area is 165 Å². The molecule has 0 aromatic heterocycles. The number of hydrogen-bond acceptors (Lipinski definition) is 4. The van der Waals surface area contributed by atoms with Crippen LogP contribution in [0, 0.1) is 5.82 Å². The summed E-state index contributed by atoms with van der Waals surface area (Å²) in [5.41, 5.74) is 1.22. The summed E-state index contributed by atoms with van der Waals surface area (Å²) in [5, 5.41) is 2.65. The zero-order valence-electron chi connectivity index (χ0n) is 14.7. The van der Waals surface area contributed by atoms with E-state index in [-0.39, 0.29) is 35.1 Å². The Morgan fingerprint density at radius 1 is 1.29 bits per heavy atom. The summed E-state index contributed by atoms with van der Waals surface area (Å²) in [6, 6.07) is 10.1. The van der Waals surface area contributed by atoms with E-state index in [1.807, 2.05) is 4.90 Å². The summed E-state index contributed by atoms with van der Waals surface area (Å²) in [6.07, 6.45) is -0.248. The molecule has 1 unspecified atom stereocenters. The third-order valence-corrected chi connectivity index (χ3v) is 4.49. The van der Waals surface area contributed by atoms with Crippen LogP contribution in [0.2, 0.25) is 5.02 Å². The number of benzene rings is 2. The third kappa shape index (κ3) is 5.60. The number of rotatable bonds is 6. The van der Waals surface area contributed by atoms with Crippen LogP contribution >= 0.6 is 11.6 Å². The average molecular weight is 415 g/mol. The summed E-state index contributed by atoms with van der Waals surface area (Å²) in [7, 11) is 0. The molecule has 0 saturated carbocycles. The Kier molecular flexibility index (Phi) is 6.77. The van der Waals surface area contributed by atoms with E-state index in [4.69, 9.17) is 16.3 Å². The fraction of sp³-hybridized carbons (Fsp3) is 0.316. The average Bonchev–Trinajstić information content (AvgIpc) is 2.64. The van der Waals surface area contributed by atoms with Crippen LogP contribution in [-0.2, 0) is 9.53 Å². The first-order valence-electron chi connectivity index (χ1n) is 8.54. The molecule has 1 N–H and O–H groups in total. The van der Waals surface area contributed by atoms with Crippen molar-refractivity contribution in [3.05, 3.63) is 58.9 Å². The van der Waals surface area contributed by atoms with Crippen molar-refractivity contribution in [1.82, 2.24) is 4.90 Å². The molecular weight excluding hydrogens is 397 g/mol. The first-order valence-corrected chi connectivity index (χ1v) is 8.92. The van der Waals surface area contributed by atoms with Gasteiger partial charge in [-0.3, -0.25) is 9.69 Å². The van der Waals surface area contributed by atoms with Gasteiger partial charge in [-0.1, -0.05) is 23.7 Å². The summed E-state index contributed by atoms with van der Waals surface area (Å²) < 4.78 is 47.6. The molecule has 1 amide bonds. The monoisotopic (exact) mass is 414 g/mol. The molecular formula is C19H18ClF3N2O3. The van der Waals surface area contributed by atoms with Gasteiger partial charge in [0.05, 0.1) is 24.3 Å². The van der Waals surface area contributed by atoms with E-state index >= 15 is 0 Å². The topological polar surface area (TPSA) is 50.8 Å². The highest BCUT2D eigenvalue weighted by atomic mass is 35.5. The number of amides is 1. The number of ether oxygens (including phenoxy) is 2. The molecule has 5 nitrogen and oxygen atoms in total. The lowest BCUT2D eigenvalue weighted by atomic mass is 10.1. The third-order valence-electron chi connectivity index (χ3n) is 4.19. The summed E-state index contributed by atoms with van der Waals surface area (Å²) >= 11 is 5.88. The highest BCUT2D eigenvalue weighted by molar-refractivity contribution is 6.32. The molecule has 0 radical (unpaired) electrons. The van der Waals surface area contributed by atoms with E-state index in [0.717, 1.165) is 5.56 Å². The Morgan fingerprint density at radius 2 is 2.04 bits per heavy atom. The molecule has 1 atom stereocenters. The molecule has 0 spiro atoms. The molecule has 1 aliphatic rings. The zero-order chi connectivity index (χ0) is 20.1. The normalized spacial score (nSPS) is 17.5. The molecule has 150 valence electrons. The van der Waals surface area contributed by atoms with E-state index in [2.05, 4.69) is 10.1 Å². The van der Waals surface area contributed by atoms with Crippen molar-refractivity contribution in [2.24, 2.45) is 0 Å². The summed E-state index contributed by atoms with van der Waals surface area (Å²) in [4.78, 5) is 14.2. The van der Waals surface area contributed by atoms with E-state index < -0.39 is 6.61 Å². The fourth-order valence-electron chi connectivity index (χ4n) is 2.90. The predicted octanol–water partition coefficient (Wildman–Crippen LogP) is 4.09. The summed E-state index contributed by atoms with van der Waals surface area (Å²) in [5.74, 6) is -0.761. The number of nitrogens with zero attached hydrogens (tertiary/aromatic N) is 1. The van der Waals surface area contributed by atoms with Crippen LogP contribution in [0.1, 0.15) is 11.7 Å². The molecule has 9 heteroatoms. The maximum atomic E-state index is 13.1. The van der Waals surface area contributed by atoms with Crippen LogP contribution in [0.15, 0.2) is 42.5 Å². The molecule has 28 heavy (non-hydrogen) atoms. The molecule has 0 bridgehead atoms. The quantitative estimate of drug-likeness (QED) is 0.773. The molecule has 0 aliphatic carbocycles. The number of halogens is 4. The zero-order valence-corrected chi connectivity index (χ0v) is 15.5. The van der Waals surface area contributed by atoms with Gasteiger partial charge in [0.15, 0.2) is 0 Å². The molecule has 3 rings (SSSR count). The van der Waals surface area contributed by atoms with Crippen molar-refractivity contribution in [3.8, 4) is 5.75 Å². The van der Waals surface area contributed by atoms with Crippen molar-refractivity contribution in [2.75, 3.05) is 31.6 Å². The maximum Gasteiger partial charge on any atom is 0.387 e.